The summed E-state index contributed by atoms with van der Waals surface area (Å²) in [6, 6.07) is 8.53. The van der Waals surface area contributed by atoms with Gasteiger partial charge in [0.05, 0.1) is 10.7 Å². The first-order valence-corrected chi connectivity index (χ1v) is 6.44. The average molecular weight is 230 g/mol. The standard InChI is InChI=1S/C13H14N2S/c1-9-3-2-4-10(5-9)12-8-16-13(15-12)11-6-14-7-11/h2-5,8,11,14H,6-7H2,1H3. The number of aryl methyl sites for hydroxylation is 1. The van der Waals surface area contributed by atoms with Crippen LogP contribution in [0.5, 0.6) is 0 Å². The molecule has 1 aromatic heterocycles. The third-order valence-electron chi connectivity index (χ3n) is 2.97. The average Bonchev–Trinajstić information content (AvgIpc) is 2.64. The minimum atomic E-state index is 0.642. The smallest absolute Gasteiger partial charge is 0.0989 e. The van der Waals surface area contributed by atoms with Gasteiger partial charge in [-0.1, -0.05) is 23.8 Å². The summed E-state index contributed by atoms with van der Waals surface area (Å²) in [5, 5.41) is 6.73. The molecule has 0 bridgehead atoms. The van der Waals surface area contributed by atoms with Crippen LogP contribution >= 0.6 is 11.3 Å². The molecule has 16 heavy (non-hydrogen) atoms. The molecule has 0 amide bonds. The molecule has 1 aromatic carbocycles. The summed E-state index contributed by atoms with van der Waals surface area (Å²) < 4.78 is 0. The number of thiazole rings is 1. The molecule has 1 fully saturated rings. The van der Waals surface area contributed by atoms with Crippen molar-refractivity contribution in [2.24, 2.45) is 0 Å². The van der Waals surface area contributed by atoms with Gasteiger partial charge in [-0.05, 0) is 13.0 Å². The maximum Gasteiger partial charge on any atom is 0.0989 e. The Hall–Kier alpha value is -1.19. The molecule has 3 rings (SSSR count). The van der Waals surface area contributed by atoms with E-state index >= 15 is 0 Å². The van der Waals surface area contributed by atoms with Crippen LogP contribution in [0.4, 0.5) is 0 Å². The lowest BCUT2D eigenvalue weighted by atomic mass is 10.1. The summed E-state index contributed by atoms with van der Waals surface area (Å²) >= 11 is 1.78. The minimum Gasteiger partial charge on any atom is -0.315 e. The van der Waals surface area contributed by atoms with Crippen molar-refractivity contribution in [1.82, 2.24) is 10.3 Å². The van der Waals surface area contributed by atoms with Gasteiger partial charge in [0.25, 0.3) is 0 Å². The number of benzene rings is 1. The highest BCUT2D eigenvalue weighted by Gasteiger charge is 2.22. The van der Waals surface area contributed by atoms with Gasteiger partial charge in [-0.25, -0.2) is 4.98 Å². The summed E-state index contributed by atoms with van der Waals surface area (Å²) in [6.07, 6.45) is 0. The van der Waals surface area contributed by atoms with Crippen LogP contribution in [0, 0.1) is 6.92 Å². The molecule has 0 radical (unpaired) electrons. The zero-order chi connectivity index (χ0) is 11.0. The van der Waals surface area contributed by atoms with Crippen molar-refractivity contribution in [2.75, 3.05) is 13.1 Å². The second kappa shape index (κ2) is 4.00. The number of nitrogens with zero attached hydrogens (tertiary/aromatic N) is 1. The van der Waals surface area contributed by atoms with Crippen LogP contribution in [0.2, 0.25) is 0 Å². The van der Waals surface area contributed by atoms with Crippen molar-refractivity contribution in [2.45, 2.75) is 12.8 Å². The van der Waals surface area contributed by atoms with E-state index in [1.54, 1.807) is 11.3 Å². The fourth-order valence-electron chi connectivity index (χ4n) is 1.88. The lowest BCUT2D eigenvalue weighted by Gasteiger charge is -2.24. The van der Waals surface area contributed by atoms with Crippen LogP contribution < -0.4 is 5.32 Å². The SMILES string of the molecule is Cc1cccc(-c2csc(C3CNC3)n2)c1. The van der Waals surface area contributed by atoms with E-state index in [1.807, 2.05) is 0 Å². The minimum absolute atomic E-state index is 0.642. The van der Waals surface area contributed by atoms with Gasteiger partial charge < -0.3 is 5.32 Å². The Kier molecular flexibility index (Phi) is 2.50. The summed E-state index contributed by atoms with van der Waals surface area (Å²) in [5.41, 5.74) is 3.64. The molecule has 0 spiro atoms. The van der Waals surface area contributed by atoms with Crippen LogP contribution in [0.3, 0.4) is 0 Å². The van der Waals surface area contributed by atoms with Gasteiger partial charge in [0.2, 0.25) is 0 Å². The van der Waals surface area contributed by atoms with Gasteiger partial charge in [0, 0.05) is 30.0 Å². The highest BCUT2D eigenvalue weighted by molar-refractivity contribution is 7.10. The Balaban J connectivity index is 1.91. The van der Waals surface area contributed by atoms with Gasteiger partial charge in [-0.3, -0.25) is 0 Å². The zero-order valence-corrected chi connectivity index (χ0v) is 10.1. The third-order valence-corrected chi connectivity index (χ3v) is 3.97. The lowest BCUT2D eigenvalue weighted by Crippen LogP contribution is -2.39. The fourth-order valence-corrected chi connectivity index (χ4v) is 2.81. The predicted octanol–water partition coefficient (Wildman–Crippen LogP) is 2.81. The summed E-state index contributed by atoms with van der Waals surface area (Å²) in [6.45, 7) is 4.29. The highest BCUT2D eigenvalue weighted by Crippen LogP contribution is 2.28. The Labute approximate surface area is 99.4 Å². The van der Waals surface area contributed by atoms with E-state index in [2.05, 4.69) is 41.9 Å². The predicted molar refractivity (Wildman–Crippen MR) is 67.9 cm³/mol. The molecule has 1 aliphatic rings. The van der Waals surface area contributed by atoms with Crippen molar-refractivity contribution >= 4 is 11.3 Å². The number of nitrogens with one attached hydrogen (secondary N) is 1. The van der Waals surface area contributed by atoms with Gasteiger partial charge in [0.15, 0.2) is 0 Å². The van der Waals surface area contributed by atoms with Crippen molar-refractivity contribution in [3.8, 4) is 11.3 Å². The molecule has 2 nitrogen and oxygen atoms in total. The quantitative estimate of drug-likeness (QED) is 0.858. The number of rotatable bonds is 2. The maximum atomic E-state index is 4.72. The first-order chi connectivity index (χ1) is 7.83. The molecule has 1 N–H and O–H groups in total. The van der Waals surface area contributed by atoms with Gasteiger partial charge in [-0.15, -0.1) is 11.3 Å². The van der Waals surface area contributed by atoms with E-state index in [-0.39, 0.29) is 0 Å². The number of hydrogen-bond donors (Lipinski definition) is 1. The monoisotopic (exact) mass is 230 g/mol. The number of hydrogen-bond acceptors (Lipinski definition) is 3. The molecule has 0 unspecified atom stereocenters. The molecule has 0 saturated carbocycles. The van der Waals surface area contributed by atoms with E-state index in [4.69, 9.17) is 4.98 Å². The van der Waals surface area contributed by atoms with E-state index in [0.717, 1.165) is 18.8 Å². The van der Waals surface area contributed by atoms with Crippen molar-refractivity contribution in [1.29, 1.82) is 0 Å². The topological polar surface area (TPSA) is 24.9 Å². The first kappa shape index (κ1) is 10.00. The van der Waals surface area contributed by atoms with Crippen LogP contribution in [-0.2, 0) is 0 Å². The van der Waals surface area contributed by atoms with Gasteiger partial charge >= 0.3 is 0 Å². The molecule has 82 valence electrons. The van der Waals surface area contributed by atoms with Crippen molar-refractivity contribution in [3.05, 3.63) is 40.2 Å². The van der Waals surface area contributed by atoms with Gasteiger partial charge in [-0.2, -0.15) is 0 Å². The van der Waals surface area contributed by atoms with E-state index < -0.39 is 0 Å². The van der Waals surface area contributed by atoms with Crippen LogP contribution in [0.15, 0.2) is 29.6 Å². The van der Waals surface area contributed by atoms with Crippen LogP contribution in [0.1, 0.15) is 16.5 Å². The molecule has 3 heteroatoms. The number of aromatic nitrogens is 1. The van der Waals surface area contributed by atoms with Gasteiger partial charge in [0.1, 0.15) is 0 Å². The molecule has 2 aromatic rings. The molecule has 0 atom stereocenters. The molecule has 2 heterocycles. The Morgan fingerprint density at radius 2 is 2.25 bits per heavy atom. The van der Waals surface area contributed by atoms with E-state index in [1.165, 1.54) is 16.1 Å². The van der Waals surface area contributed by atoms with Crippen LogP contribution in [-0.4, -0.2) is 18.1 Å². The molecule has 0 aliphatic carbocycles. The molecule has 1 saturated heterocycles. The zero-order valence-electron chi connectivity index (χ0n) is 9.23. The Morgan fingerprint density at radius 3 is 2.94 bits per heavy atom. The normalized spacial score (nSPS) is 16.1. The van der Waals surface area contributed by atoms with Crippen molar-refractivity contribution in [3.63, 3.8) is 0 Å². The lowest BCUT2D eigenvalue weighted by molar-refractivity contribution is 0.447. The molecule has 1 aliphatic heterocycles. The summed E-state index contributed by atoms with van der Waals surface area (Å²) in [4.78, 5) is 4.72. The first-order valence-electron chi connectivity index (χ1n) is 5.56. The second-order valence-corrected chi connectivity index (χ2v) is 5.19. The van der Waals surface area contributed by atoms with E-state index in [0.29, 0.717) is 5.92 Å². The van der Waals surface area contributed by atoms with E-state index in [9.17, 15) is 0 Å². The maximum absolute atomic E-state index is 4.72. The largest absolute Gasteiger partial charge is 0.315 e. The molecular weight excluding hydrogens is 216 g/mol. The van der Waals surface area contributed by atoms with Crippen molar-refractivity contribution < 1.29 is 0 Å². The fraction of sp³-hybridized carbons (Fsp3) is 0.308. The molecular formula is C13H14N2S. The highest BCUT2D eigenvalue weighted by atomic mass is 32.1. The Morgan fingerprint density at radius 1 is 1.38 bits per heavy atom. The third kappa shape index (κ3) is 1.77. The summed E-state index contributed by atoms with van der Waals surface area (Å²) in [7, 11) is 0. The second-order valence-electron chi connectivity index (χ2n) is 4.30. The van der Waals surface area contributed by atoms with Crippen LogP contribution in [0.25, 0.3) is 11.3 Å². The Bertz CT molecular complexity index is 500. The summed E-state index contributed by atoms with van der Waals surface area (Å²) in [5.74, 6) is 0.642.